The van der Waals surface area contributed by atoms with E-state index in [0.717, 1.165) is 37.3 Å². The van der Waals surface area contributed by atoms with Crippen molar-refractivity contribution < 1.29 is 8.42 Å². The Kier molecular flexibility index (Phi) is 4.49. The Morgan fingerprint density at radius 1 is 1.47 bits per heavy atom. The molecule has 1 saturated heterocycles. The van der Waals surface area contributed by atoms with E-state index in [1.807, 2.05) is 0 Å². The normalized spacial score (nSPS) is 18.5. The van der Waals surface area contributed by atoms with Gasteiger partial charge >= 0.3 is 0 Å². The first-order valence-corrected chi connectivity index (χ1v) is 8.64. The summed E-state index contributed by atoms with van der Waals surface area (Å²) in [5, 5.41) is 3.62. The lowest BCUT2D eigenvalue weighted by Gasteiger charge is -2.23. The summed E-state index contributed by atoms with van der Waals surface area (Å²) in [7, 11) is -3.44. The smallest absolute Gasteiger partial charge is 0.250 e. The number of nitrogens with one attached hydrogen (secondary N) is 2. The maximum Gasteiger partial charge on any atom is 0.250 e. The molecule has 2 rings (SSSR count). The molecule has 1 fully saturated rings. The van der Waals surface area contributed by atoms with Crippen molar-refractivity contribution >= 4 is 48.9 Å². The van der Waals surface area contributed by atoms with Crippen molar-refractivity contribution in [3.8, 4) is 0 Å². The first-order chi connectivity index (χ1) is 7.99. The van der Waals surface area contributed by atoms with Gasteiger partial charge in [0.2, 0.25) is 10.0 Å². The molecule has 0 aromatic carbocycles. The number of hydrogen-bond donors (Lipinski definition) is 2. The van der Waals surface area contributed by atoms with Gasteiger partial charge in [-0.2, -0.15) is 0 Å². The van der Waals surface area contributed by atoms with Crippen molar-refractivity contribution in [2.45, 2.75) is 23.1 Å². The third-order valence-electron chi connectivity index (χ3n) is 2.55. The fourth-order valence-electron chi connectivity index (χ4n) is 1.68. The highest BCUT2D eigenvalue weighted by atomic mass is 79.9. The second-order valence-corrected chi connectivity index (χ2v) is 8.55. The lowest BCUT2D eigenvalue weighted by atomic mass is 10.1. The quantitative estimate of drug-likeness (QED) is 0.870. The molecule has 2 heterocycles. The van der Waals surface area contributed by atoms with Crippen LogP contribution in [0.15, 0.2) is 14.1 Å². The molecule has 8 heteroatoms. The van der Waals surface area contributed by atoms with Crippen LogP contribution >= 0.6 is 38.9 Å². The third kappa shape index (κ3) is 3.42. The van der Waals surface area contributed by atoms with E-state index in [4.69, 9.17) is 11.6 Å². The molecule has 0 aliphatic carbocycles. The Hall–Kier alpha value is 0.340. The molecular formula is C9H12BrClN2O2S2. The minimum Gasteiger partial charge on any atom is -0.317 e. The van der Waals surface area contributed by atoms with Crippen LogP contribution in [0.25, 0.3) is 0 Å². The van der Waals surface area contributed by atoms with Gasteiger partial charge in [0, 0.05) is 6.04 Å². The fraction of sp³-hybridized carbons (Fsp3) is 0.556. The average Bonchev–Trinajstić information content (AvgIpc) is 2.61. The van der Waals surface area contributed by atoms with Crippen LogP contribution in [-0.4, -0.2) is 27.5 Å². The van der Waals surface area contributed by atoms with Crippen LogP contribution in [0.3, 0.4) is 0 Å². The first-order valence-electron chi connectivity index (χ1n) is 5.17. The molecule has 1 aromatic rings. The van der Waals surface area contributed by atoms with Gasteiger partial charge < -0.3 is 5.32 Å². The Labute approximate surface area is 118 Å². The molecule has 0 unspecified atom stereocenters. The number of hydrogen-bond acceptors (Lipinski definition) is 4. The third-order valence-corrected chi connectivity index (χ3v) is 7.02. The van der Waals surface area contributed by atoms with Gasteiger partial charge in [0.05, 0.1) is 8.81 Å². The molecule has 0 amide bonds. The van der Waals surface area contributed by atoms with E-state index in [0.29, 0.717) is 8.81 Å². The largest absolute Gasteiger partial charge is 0.317 e. The van der Waals surface area contributed by atoms with Crippen molar-refractivity contribution in [1.29, 1.82) is 0 Å². The Balaban J connectivity index is 2.12. The summed E-state index contributed by atoms with van der Waals surface area (Å²) in [6, 6.07) is 1.49. The van der Waals surface area contributed by atoms with Gasteiger partial charge in [-0.05, 0) is 47.9 Å². The van der Waals surface area contributed by atoms with Gasteiger partial charge in [-0.25, -0.2) is 13.1 Å². The standard InChI is InChI=1S/C9H12BrClN2O2S2/c10-9-7(11)5-8(16-9)17(14,15)13-6-1-3-12-4-2-6/h5-6,12-13H,1-4H2. The highest BCUT2D eigenvalue weighted by Gasteiger charge is 2.24. The average molecular weight is 360 g/mol. The highest BCUT2D eigenvalue weighted by Crippen LogP contribution is 2.34. The Morgan fingerprint density at radius 2 is 2.12 bits per heavy atom. The van der Waals surface area contributed by atoms with Crippen LogP contribution < -0.4 is 10.0 Å². The topological polar surface area (TPSA) is 58.2 Å². The molecule has 0 spiro atoms. The van der Waals surface area contributed by atoms with Gasteiger partial charge in [-0.3, -0.25) is 0 Å². The number of halogens is 2. The van der Waals surface area contributed by atoms with Crippen LogP contribution in [0.4, 0.5) is 0 Å². The molecule has 96 valence electrons. The van der Waals surface area contributed by atoms with Gasteiger partial charge in [0.15, 0.2) is 0 Å². The van der Waals surface area contributed by atoms with Gasteiger partial charge in [-0.15, -0.1) is 11.3 Å². The molecule has 0 saturated carbocycles. The number of thiophene rings is 1. The van der Waals surface area contributed by atoms with Crippen molar-refractivity contribution in [2.75, 3.05) is 13.1 Å². The number of piperidine rings is 1. The Morgan fingerprint density at radius 3 is 2.65 bits per heavy atom. The molecule has 0 bridgehead atoms. The Bertz CT molecular complexity index is 478. The molecule has 1 aliphatic heterocycles. The van der Waals surface area contributed by atoms with E-state index in [2.05, 4.69) is 26.0 Å². The lowest BCUT2D eigenvalue weighted by Crippen LogP contribution is -2.42. The van der Waals surface area contributed by atoms with Gasteiger partial charge in [0.25, 0.3) is 0 Å². The maximum atomic E-state index is 12.1. The van der Waals surface area contributed by atoms with Crippen molar-refractivity contribution in [3.05, 3.63) is 14.9 Å². The van der Waals surface area contributed by atoms with Crippen LogP contribution in [0.2, 0.25) is 5.02 Å². The van der Waals surface area contributed by atoms with Crippen LogP contribution in [0.1, 0.15) is 12.8 Å². The summed E-state index contributed by atoms with van der Waals surface area (Å²) in [4.78, 5) is 0. The van der Waals surface area contributed by atoms with E-state index in [9.17, 15) is 8.42 Å². The van der Waals surface area contributed by atoms with Gasteiger partial charge in [-0.1, -0.05) is 11.6 Å². The summed E-state index contributed by atoms with van der Waals surface area (Å²) < 4.78 is 27.7. The second kappa shape index (κ2) is 5.54. The zero-order chi connectivity index (χ0) is 12.5. The highest BCUT2D eigenvalue weighted by molar-refractivity contribution is 9.11. The number of rotatable bonds is 3. The SMILES string of the molecule is O=S(=O)(NC1CCNCC1)c1cc(Cl)c(Br)s1. The fourth-order valence-corrected chi connectivity index (χ4v) is 5.40. The van der Waals surface area contributed by atoms with E-state index < -0.39 is 10.0 Å². The van der Waals surface area contributed by atoms with E-state index in [1.54, 1.807) is 0 Å². The molecule has 0 radical (unpaired) electrons. The van der Waals surface area contributed by atoms with Crippen LogP contribution in [-0.2, 0) is 10.0 Å². The first kappa shape index (κ1) is 13.8. The summed E-state index contributed by atoms with van der Waals surface area (Å²) in [5.74, 6) is 0. The molecule has 4 nitrogen and oxygen atoms in total. The van der Waals surface area contributed by atoms with E-state index in [1.165, 1.54) is 6.07 Å². The monoisotopic (exact) mass is 358 g/mol. The molecule has 2 N–H and O–H groups in total. The molecule has 0 atom stereocenters. The van der Waals surface area contributed by atoms with E-state index >= 15 is 0 Å². The zero-order valence-corrected chi connectivity index (χ0v) is 12.8. The molecule has 1 aliphatic rings. The molecular weight excluding hydrogens is 348 g/mol. The van der Waals surface area contributed by atoms with Crippen molar-refractivity contribution in [2.24, 2.45) is 0 Å². The van der Waals surface area contributed by atoms with Crippen LogP contribution in [0.5, 0.6) is 0 Å². The zero-order valence-electron chi connectivity index (χ0n) is 8.87. The lowest BCUT2D eigenvalue weighted by molar-refractivity contribution is 0.427. The predicted octanol–water partition coefficient (Wildman–Crippen LogP) is 2.19. The maximum absolute atomic E-state index is 12.1. The summed E-state index contributed by atoms with van der Waals surface area (Å²) >= 11 is 10.2. The van der Waals surface area contributed by atoms with Crippen LogP contribution in [0, 0.1) is 0 Å². The molecule has 1 aromatic heterocycles. The minimum atomic E-state index is -3.44. The van der Waals surface area contributed by atoms with Crippen molar-refractivity contribution in [3.63, 3.8) is 0 Å². The minimum absolute atomic E-state index is 0.0147. The molecule has 17 heavy (non-hydrogen) atoms. The second-order valence-electron chi connectivity index (χ2n) is 3.83. The van der Waals surface area contributed by atoms with Crippen molar-refractivity contribution in [1.82, 2.24) is 10.0 Å². The number of sulfonamides is 1. The van der Waals surface area contributed by atoms with Gasteiger partial charge in [0.1, 0.15) is 4.21 Å². The predicted molar refractivity (Wildman–Crippen MR) is 73.2 cm³/mol. The summed E-state index contributed by atoms with van der Waals surface area (Å²) in [5.41, 5.74) is 0. The summed E-state index contributed by atoms with van der Waals surface area (Å²) in [6.45, 7) is 1.70. The summed E-state index contributed by atoms with van der Waals surface area (Å²) in [6.07, 6.45) is 1.64. The van der Waals surface area contributed by atoms with E-state index in [-0.39, 0.29) is 10.3 Å².